The normalized spacial score (nSPS) is 35.2. The van der Waals surface area contributed by atoms with Crippen molar-refractivity contribution in [1.82, 2.24) is 9.62 Å². The van der Waals surface area contributed by atoms with E-state index in [1.807, 2.05) is 0 Å². The van der Waals surface area contributed by atoms with Gasteiger partial charge in [-0.1, -0.05) is 13.8 Å². The molecule has 0 aromatic carbocycles. The number of hydrogen-bond donors (Lipinski definition) is 1. The van der Waals surface area contributed by atoms with Crippen molar-refractivity contribution in [3.05, 3.63) is 0 Å². The van der Waals surface area contributed by atoms with E-state index < -0.39 is 10.0 Å². The summed E-state index contributed by atoms with van der Waals surface area (Å²) in [7, 11) is -3.01. The molecular weight excluding hydrogens is 284 g/mol. The van der Waals surface area contributed by atoms with Gasteiger partial charge in [0, 0.05) is 19.1 Å². The van der Waals surface area contributed by atoms with Crippen LogP contribution in [0.5, 0.6) is 0 Å². The van der Waals surface area contributed by atoms with Gasteiger partial charge in [0.15, 0.2) is 0 Å². The van der Waals surface area contributed by atoms with Gasteiger partial charge in [0.25, 0.3) is 0 Å². The van der Waals surface area contributed by atoms with Gasteiger partial charge in [0.1, 0.15) is 0 Å². The zero-order valence-electron chi connectivity index (χ0n) is 13.8. The average molecular weight is 317 g/mol. The number of sulfonamides is 1. The van der Waals surface area contributed by atoms with Gasteiger partial charge in [-0.05, 0) is 62.8 Å². The lowest BCUT2D eigenvalue weighted by Crippen LogP contribution is -2.40. The third-order valence-corrected chi connectivity index (χ3v) is 6.74. The molecule has 1 N–H and O–H groups in total. The quantitative estimate of drug-likeness (QED) is 0.819. The van der Waals surface area contributed by atoms with Crippen LogP contribution in [0.3, 0.4) is 0 Å². The second-order valence-electron chi connectivity index (χ2n) is 7.12. The Balaban J connectivity index is 1.84. The van der Waals surface area contributed by atoms with Crippen LogP contribution in [0.15, 0.2) is 0 Å². The van der Waals surface area contributed by atoms with E-state index in [1.165, 1.54) is 38.4 Å². The standard InChI is InChI=1S/C16H32N2O2S/c1-4-9-17-16-8-7-15(13(16)2)11-14-6-5-10-18(12-14)21(3,19)20/h13-17H,4-12H2,1-3H3. The summed E-state index contributed by atoms with van der Waals surface area (Å²) in [5.74, 6) is 2.06. The Morgan fingerprint density at radius 3 is 2.67 bits per heavy atom. The monoisotopic (exact) mass is 316 g/mol. The van der Waals surface area contributed by atoms with Crippen LogP contribution in [0.1, 0.15) is 52.4 Å². The smallest absolute Gasteiger partial charge is 0.211 e. The fourth-order valence-corrected chi connectivity index (χ4v) is 5.09. The molecule has 0 bridgehead atoms. The summed E-state index contributed by atoms with van der Waals surface area (Å²) in [6, 6.07) is 0.671. The molecule has 2 rings (SSSR count). The van der Waals surface area contributed by atoms with Crippen molar-refractivity contribution in [3.63, 3.8) is 0 Å². The van der Waals surface area contributed by atoms with Crippen LogP contribution in [0, 0.1) is 17.8 Å². The summed E-state index contributed by atoms with van der Waals surface area (Å²) >= 11 is 0. The van der Waals surface area contributed by atoms with Crippen molar-refractivity contribution in [2.75, 3.05) is 25.9 Å². The van der Waals surface area contributed by atoms with E-state index in [0.717, 1.165) is 37.9 Å². The maximum Gasteiger partial charge on any atom is 0.211 e. The van der Waals surface area contributed by atoms with Crippen molar-refractivity contribution < 1.29 is 8.42 Å². The van der Waals surface area contributed by atoms with E-state index >= 15 is 0 Å². The molecule has 4 nitrogen and oxygen atoms in total. The third kappa shape index (κ3) is 4.67. The average Bonchev–Trinajstić information content (AvgIpc) is 2.77. The van der Waals surface area contributed by atoms with E-state index in [0.29, 0.717) is 12.0 Å². The highest BCUT2D eigenvalue weighted by Gasteiger charge is 2.35. The molecule has 0 amide bonds. The van der Waals surface area contributed by atoms with Gasteiger partial charge < -0.3 is 5.32 Å². The maximum atomic E-state index is 11.7. The lowest BCUT2D eigenvalue weighted by molar-refractivity contribution is 0.210. The Morgan fingerprint density at radius 2 is 2.00 bits per heavy atom. The number of nitrogens with one attached hydrogen (secondary N) is 1. The second-order valence-corrected chi connectivity index (χ2v) is 9.10. The van der Waals surface area contributed by atoms with E-state index in [1.54, 1.807) is 4.31 Å². The molecular formula is C16H32N2O2S. The topological polar surface area (TPSA) is 49.4 Å². The summed E-state index contributed by atoms with van der Waals surface area (Å²) in [6.07, 6.45) is 8.56. The molecule has 21 heavy (non-hydrogen) atoms. The van der Waals surface area contributed by atoms with Gasteiger partial charge in [0.05, 0.1) is 6.26 Å². The molecule has 0 aromatic rings. The number of nitrogens with zero attached hydrogens (tertiary/aromatic N) is 1. The van der Waals surface area contributed by atoms with Crippen molar-refractivity contribution in [1.29, 1.82) is 0 Å². The molecule has 4 atom stereocenters. The lowest BCUT2D eigenvalue weighted by Gasteiger charge is -2.33. The van der Waals surface area contributed by atoms with Gasteiger partial charge in [-0.25, -0.2) is 12.7 Å². The molecule has 1 saturated heterocycles. The summed E-state index contributed by atoms with van der Waals surface area (Å²) in [6.45, 7) is 7.17. The molecule has 2 aliphatic rings. The fourth-order valence-electron chi connectivity index (χ4n) is 4.15. The van der Waals surface area contributed by atoms with Crippen LogP contribution < -0.4 is 5.32 Å². The molecule has 1 saturated carbocycles. The fraction of sp³-hybridized carbons (Fsp3) is 1.00. The molecule has 0 spiro atoms. The van der Waals surface area contributed by atoms with E-state index in [-0.39, 0.29) is 0 Å². The van der Waals surface area contributed by atoms with Gasteiger partial charge in [-0.3, -0.25) is 0 Å². The highest BCUT2D eigenvalue weighted by atomic mass is 32.2. The predicted octanol–water partition coefficient (Wildman–Crippen LogP) is 2.46. The van der Waals surface area contributed by atoms with E-state index in [4.69, 9.17) is 0 Å². The van der Waals surface area contributed by atoms with E-state index in [9.17, 15) is 8.42 Å². The summed E-state index contributed by atoms with van der Waals surface area (Å²) < 4.78 is 25.1. The Hall–Kier alpha value is -0.130. The molecule has 1 aliphatic carbocycles. The Bertz CT molecular complexity index is 424. The molecule has 124 valence electrons. The molecule has 1 aliphatic heterocycles. The maximum absolute atomic E-state index is 11.7. The first kappa shape index (κ1) is 17.2. The van der Waals surface area contributed by atoms with Crippen LogP contribution in [0.4, 0.5) is 0 Å². The summed E-state index contributed by atoms with van der Waals surface area (Å²) in [5, 5.41) is 3.67. The summed E-state index contributed by atoms with van der Waals surface area (Å²) in [5.41, 5.74) is 0. The van der Waals surface area contributed by atoms with Crippen LogP contribution in [0.2, 0.25) is 0 Å². The first-order valence-electron chi connectivity index (χ1n) is 8.60. The number of rotatable bonds is 6. The lowest BCUT2D eigenvalue weighted by atomic mass is 9.83. The Kier molecular flexibility index (Phi) is 6.09. The zero-order valence-corrected chi connectivity index (χ0v) is 14.7. The zero-order chi connectivity index (χ0) is 15.5. The summed E-state index contributed by atoms with van der Waals surface area (Å²) in [4.78, 5) is 0. The number of piperidine rings is 1. The predicted molar refractivity (Wildman–Crippen MR) is 87.7 cm³/mol. The SMILES string of the molecule is CCCNC1CCC(CC2CCCN(S(C)(=O)=O)C2)C1C. The Morgan fingerprint density at radius 1 is 1.24 bits per heavy atom. The van der Waals surface area contributed by atoms with Crippen LogP contribution in [-0.4, -0.2) is 44.7 Å². The van der Waals surface area contributed by atoms with Crippen LogP contribution >= 0.6 is 0 Å². The first-order valence-corrected chi connectivity index (χ1v) is 10.4. The molecule has 0 radical (unpaired) electrons. The van der Waals surface area contributed by atoms with Crippen molar-refractivity contribution in [3.8, 4) is 0 Å². The van der Waals surface area contributed by atoms with Crippen LogP contribution in [0.25, 0.3) is 0 Å². The van der Waals surface area contributed by atoms with Crippen molar-refractivity contribution in [2.45, 2.75) is 58.4 Å². The van der Waals surface area contributed by atoms with Gasteiger partial charge >= 0.3 is 0 Å². The highest BCUT2D eigenvalue weighted by molar-refractivity contribution is 7.88. The Labute approximate surface area is 130 Å². The minimum absolute atomic E-state index is 0.561. The van der Waals surface area contributed by atoms with Crippen molar-refractivity contribution >= 4 is 10.0 Å². The van der Waals surface area contributed by atoms with Crippen molar-refractivity contribution in [2.24, 2.45) is 17.8 Å². The minimum atomic E-state index is -3.01. The largest absolute Gasteiger partial charge is 0.314 e. The molecule has 5 heteroatoms. The van der Waals surface area contributed by atoms with Crippen LogP contribution in [-0.2, 0) is 10.0 Å². The molecule has 4 unspecified atom stereocenters. The van der Waals surface area contributed by atoms with Gasteiger partial charge in [0.2, 0.25) is 10.0 Å². The highest BCUT2D eigenvalue weighted by Crippen LogP contribution is 2.38. The molecule has 1 heterocycles. The van der Waals surface area contributed by atoms with Gasteiger partial charge in [-0.2, -0.15) is 0 Å². The van der Waals surface area contributed by atoms with E-state index in [2.05, 4.69) is 19.2 Å². The number of hydrogen-bond acceptors (Lipinski definition) is 3. The minimum Gasteiger partial charge on any atom is -0.314 e. The third-order valence-electron chi connectivity index (χ3n) is 5.47. The molecule has 0 aromatic heterocycles. The second kappa shape index (κ2) is 7.42. The van der Waals surface area contributed by atoms with Gasteiger partial charge in [-0.15, -0.1) is 0 Å². The molecule has 2 fully saturated rings. The first-order chi connectivity index (χ1) is 9.91.